The number of hydrogen-bond donors (Lipinski definition) is 2. The highest BCUT2D eigenvalue weighted by Crippen LogP contribution is 2.20. The van der Waals surface area contributed by atoms with Crippen molar-refractivity contribution in [1.82, 2.24) is 0 Å². The van der Waals surface area contributed by atoms with Gasteiger partial charge in [-0.05, 0) is 55.5 Å². The second-order valence-corrected chi connectivity index (χ2v) is 10.9. The molecule has 1 saturated carbocycles. The van der Waals surface area contributed by atoms with E-state index in [1.165, 1.54) is 50.1 Å². The van der Waals surface area contributed by atoms with Crippen molar-refractivity contribution >= 4 is 20.6 Å². The molecule has 1 heterocycles. The maximum Gasteiger partial charge on any atom is 0.184 e. The molecule has 2 N–H and O–H groups in total. The van der Waals surface area contributed by atoms with Gasteiger partial charge < -0.3 is 9.80 Å². The van der Waals surface area contributed by atoms with Gasteiger partial charge in [-0.1, -0.05) is 36.8 Å². The molecule has 0 aromatic heterocycles. The van der Waals surface area contributed by atoms with E-state index >= 15 is 0 Å². The van der Waals surface area contributed by atoms with Crippen molar-refractivity contribution in [1.29, 1.82) is 0 Å². The highest BCUT2D eigenvalue weighted by Gasteiger charge is 2.34. The summed E-state index contributed by atoms with van der Waals surface area (Å²) in [6.07, 6.45) is 6.97. The molecule has 1 aliphatic carbocycles. The lowest BCUT2D eigenvalue weighted by atomic mass is 9.94. The molecule has 0 radical (unpaired) electrons. The predicted octanol–water partition coefficient (Wildman–Crippen LogP) is 1.12. The van der Waals surface area contributed by atoms with Crippen LogP contribution in [0, 0.1) is 0 Å². The minimum absolute atomic E-state index is 0.143. The number of benzene rings is 2. The number of nitrogens with one attached hydrogen (secondary N) is 2. The minimum atomic E-state index is -3.26. The van der Waals surface area contributed by atoms with Crippen molar-refractivity contribution in [3.8, 4) is 0 Å². The Hall–Kier alpha value is -1.43. The lowest BCUT2D eigenvalue weighted by Gasteiger charge is -2.38. The summed E-state index contributed by atoms with van der Waals surface area (Å²) in [5.74, 6) is 0.236. The molecule has 0 spiro atoms. The molecule has 0 amide bonds. The molecule has 4 rings (SSSR count). The molecule has 1 aliphatic heterocycles. The van der Waals surface area contributed by atoms with Gasteiger partial charge in [0.15, 0.2) is 9.84 Å². The number of piperazine rings is 1. The van der Waals surface area contributed by atoms with Gasteiger partial charge in [0, 0.05) is 0 Å². The van der Waals surface area contributed by atoms with Crippen LogP contribution in [-0.4, -0.2) is 52.4 Å². The number of fused-ring (bicyclic) bond motifs is 1. The fourth-order valence-corrected chi connectivity index (χ4v) is 6.88. The van der Waals surface area contributed by atoms with E-state index in [0.717, 1.165) is 29.9 Å². The molecule has 4 nitrogen and oxygen atoms in total. The summed E-state index contributed by atoms with van der Waals surface area (Å²) in [4.78, 5) is 3.70. The number of sulfone groups is 1. The van der Waals surface area contributed by atoms with Crippen molar-refractivity contribution in [3.05, 3.63) is 42.5 Å². The van der Waals surface area contributed by atoms with E-state index in [1.54, 1.807) is 11.0 Å². The standard InChI is InChI=1S/C23H32N2O2S/c1-19(24-13-15-25(16-14-24)22-9-3-2-4-10-22)18-28(26,27)23-12-11-20-7-5-6-8-21(20)17-23/h5-8,11-12,17,19,22H,2-4,9-10,13-16,18H2,1H3/p+2/t19-/m0/s1. The molecule has 152 valence electrons. The van der Waals surface area contributed by atoms with E-state index in [4.69, 9.17) is 0 Å². The van der Waals surface area contributed by atoms with Crippen LogP contribution in [-0.2, 0) is 9.84 Å². The first kappa shape index (κ1) is 19.9. The number of quaternary nitrogens is 2. The molecule has 1 atom stereocenters. The molecular formula is C23H34N2O2S+2. The van der Waals surface area contributed by atoms with E-state index in [9.17, 15) is 8.42 Å². The lowest BCUT2D eigenvalue weighted by molar-refractivity contribution is -1.03. The topological polar surface area (TPSA) is 43.0 Å². The Morgan fingerprint density at radius 2 is 1.61 bits per heavy atom. The Morgan fingerprint density at radius 1 is 0.929 bits per heavy atom. The Balaban J connectivity index is 1.37. The smallest absolute Gasteiger partial charge is 0.184 e. The largest absolute Gasteiger partial charge is 0.323 e. The first-order valence-corrected chi connectivity index (χ1v) is 12.6. The maximum absolute atomic E-state index is 13.0. The first-order valence-electron chi connectivity index (χ1n) is 10.9. The minimum Gasteiger partial charge on any atom is -0.323 e. The lowest BCUT2D eigenvalue weighted by Crippen LogP contribution is -3.31. The number of rotatable bonds is 5. The van der Waals surface area contributed by atoms with Gasteiger partial charge in [-0.15, -0.1) is 0 Å². The van der Waals surface area contributed by atoms with Crippen molar-refractivity contribution in [3.63, 3.8) is 0 Å². The third-order valence-electron chi connectivity index (χ3n) is 6.96. The van der Waals surface area contributed by atoms with Gasteiger partial charge in [0.1, 0.15) is 31.9 Å². The summed E-state index contributed by atoms with van der Waals surface area (Å²) < 4.78 is 26.0. The molecule has 1 saturated heterocycles. The van der Waals surface area contributed by atoms with Gasteiger partial charge in [0.25, 0.3) is 0 Å². The van der Waals surface area contributed by atoms with Crippen LogP contribution in [0.15, 0.2) is 47.4 Å². The highest BCUT2D eigenvalue weighted by atomic mass is 32.2. The first-order chi connectivity index (χ1) is 13.5. The summed E-state index contributed by atoms with van der Waals surface area (Å²) >= 11 is 0. The SMILES string of the molecule is C[C@@H](CS(=O)(=O)c1ccc2ccccc2c1)[NH+]1CC[NH+](C2CCCCC2)CC1. The average molecular weight is 403 g/mol. The van der Waals surface area contributed by atoms with Crippen LogP contribution < -0.4 is 9.80 Å². The van der Waals surface area contributed by atoms with E-state index in [0.29, 0.717) is 4.90 Å². The molecule has 0 bridgehead atoms. The van der Waals surface area contributed by atoms with E-state index in [2.05, 4.69) is 6.92 Å². The van der Waals surface area contributed by atoms with E-state index in [1.807, 2.05) is 36.4 Å². The van der Waals surface area contributed by atoms with Crippen LogP contribution in [0.4, 0.5) is 0 Å². The fraction of sp³-hybridized carbons (Fsp3) is 0.565. The second-order valence-electron chi connectivity index (χ2n) is 8.84. The Labute approximate surface area is 169 Å². The zero-order chi connectivity index (χ0) is 19.6. The summed E-state index contributed by atoms with van der Waals surface area (Å²) in [5.41, 5.74) is 0. The van der Waals surface area contributed by atoms with E-state index < -0.39 is 9.84 Å². The third-order valence-corrected chi connectivity index (χ3v) is 8.87. The molecular weight excluding hydrogens is 368 g/mol. The predicted molar refractivity (Wildman–Crippen MR) is 114 cm³/mol. The fourth-order valence-electron chi connectivity index (χ4n) is 5.21. The van der Waals surface area contributed by atoms with Gasteiger partial charge >= 0.3 is 0 Å². The normalized spacial score (nSPS) is 25.6. The van der Waals surface area contributed by atoms with Crippen molar-refractivity contribution in [2.24, 2.45) is 0 Å². The van der Waals surface area contributed by atoms with Crippen LogP contribution in [0.5, 0.6) is 0 Å². The second kappa shape index (κ2) is 8.52. The van der Waals surface area contributed by atoms with Crippen LogP contribution in [0.3, 0.4) is 0 Å². The molecule has 5 heteroatoms. The van der Waals surface area contributed by atoms with Crippen LogP contribution in [0.2, 0.25) is 0 Å². The van der Waals surface area contributed by atoms with Crippen LogP contribution in [0.1, 0.15) is 39.0 Å². The van der Waals surface area contributed by atoms with Gasteiger partial charge in [-0.3, -0.25) is 0 Å². The summed E-state index contributed by atoms with van der Waals surface area (Å²) in [6, 6.07) is 14.5. The average Bonchev–Trinajstić information content (AvgIpc) is 2.74. The summed E-state index contributed by atoms with van der Waals surface area (Å²) in [6.45, 7) is 6.70. The Kier molecular flexibility index (Phi) is 6.04. The van der Waals surface area contributed by atoms with Gasteiger partial charge in [0.05, 0.1) is 17.0 Å². The maximum atomic E-state index is 13.0. The Morgan fingerprint density at radius 3 is 2.32 bits per heavy atom. The molecule has 2 aromatic carbocycles. The molecule has 2 aliphatic rings. The zero-order valence-electron chi connectivity index (χ0n) is 17.0. The van der Waals surface area contributed by atoms with E-state index in [-0.39, 0.29) is 11.8 Å². The van der Waals surface area contributed by atoms with Gasteiger partial charge in [0.2, 0.25) is 0 Å². The monoisotopic (exact) mass is 402 g/mol. The summed E-state index contributed by atoms with van der Waals surface area (Å²) in [7, 11) is -3.26. The zero-order valence-corrected chi connectivity index (χ0v) is 17.8. The Bertz CT molecular complexity index is 898. The van der Waals surface area contributed by atoms with Crippen molar-refractivity contribution in [2.45, 2.75) is 56.0 Å². The van der Waals surface area contributed by atoms with Crippen LogP contribution in [0.25, 0.3) is 10.8 Å². The van der Waals surface area contributed by atoms with Crippen LogP contribution >= 0.6 is 0 Å². The van der Waals surface area contributed by atoms with Crippen molar-refractivity contribution < 1.29 is 18.2 Å². The van der Waals surface area contributed by atoms with Gasteiger partial charge in [-0.2, -0.15) is 0 Å². The molecule has 2 aromatic rings. The summed E-state index contributed by atoms with van der Waals surface area (Å²) in [5, 5.41) is 2.08. The molecule has 2 fully saturated rings. The quantitative estimate of drug-likeness (QED) is 0.787. The van der Waals surface area contributed by atoms with Crippen molar-refractivity contribution in [2.75, 3.05) is 31.9 Å². The highest BCUT2D eigenvalue weighted by molar-refractivity contribution is 7.91. The third kappa shape index (κ3) is 4.42. The molecule has 28 heavy (non-hydrogen) atoms. The van der Waals surface area contributed by atoms with Gasteiger partial charge in [-0.25, -0.2) is 8.42 Å². The molecule has 0 unspecified atom stereocenters. The number of hydrogen-bond acceptors (Lipinski definition) is 2.